The second kappa shape index (κ2) is 8.57. The molecule has 0 bridgehead atoms. The second-order valence-electron chi connectivity index (χ2n) is 5.42. The predicted octanol–water partition coefficient (Wildman–Crippen LogP) is 2.89. The third-order valence-electron chi connectivity index (χ3n) is 3.60. The summed E-state index contributed by atoms with van der Waals surface area (Å²) < 4.78 is 0. The number of hydrogen-bond acceptors (Lipinski definition) is 6. The first kappa shape index (κ1) is 17.3. The number of aromatic carboxylic acids is 1. The van der Waals surface area contributed by atoms with Crippen molar-refractivity contribution in [1.29, 1.82) is 0 Å². The van der Waals surface area contributed by atoms with Gasteiger partial charge in [-0.15, -0.1) is 11.8 Å². The zero-order chi connectivity index (χ0) is 16.7. The number of nitrogens with zero attached hydrogens (tertiary/aromatic N) is 4. The molecule has 7 heteroatoms. The van der Waals surface area contributed by atoms with E-state index in [9.17, 15) is 4.79 Å². The molecule has 2 aromatic heterocycles. The topological polar surface area (TPSA) is 88.9 Å². The van der Waals surface area contributed by atoms with Gasteiger partial charge < -0.3 is 5.11 Å². The van der Waals surface area contributed by atoms with Crippen molar-refractivity contribution in [2.45, 2.75) is 37.5 Å². The number of thioether (sulfide) groups is 1. The van der Waals surface area contributed by atoms with E-state index in [1.165, 1.54) is 6.20 Å². The van der Waals surface area contributed by atoms with Crippen molar-refractivity contribution < 1.29 is 9.90 Å². The van der Waals surface area contributed by atoms with Crippen LogP contribution in [0.25, 0.3) is 0 Å². The van der Waals surface area contributed by atoms with Gasteiger partial charge in [0.2, 0.25) is 0 Å². The molecule has 23 heavy (non-hydrogen) atoms. The van der Waals surface area contributed by atoms with Gasteiger partial charge in [-0.25, -0.2) is 19.7 Å². The quantitative estimate of drug-likeness (QED) is 0.743. The fourth-order valence-corrected chi connectivity index (χ4v) is 2.40. The van der Waals surface area contributed by atoms with Crippen LogP contribution in [0.1, 0.15) is 41.8 Å². The highest BCUT2D eigenvalue weighted by Crippen LogP contribution is 2.15. The molecule has 1 N–H and O–H groups in total. The number of hydrogen-bond donors (Lipinski definition) is 1. The van der Waals surface area contributed by atoms with Crippen molar-refractivity contribution in [2.75, 3.05) is 6.26 Å². The van der Waals surface area contributed by atoms with Crippen LogP contribution in [0.3, 0.4) is 0 Å². The van der Waals surface area contributed by atoms with E-state index in [-0.39, 0.29) is 5.69 Å². The minimum absolute atomic E-state index is 0.0207. The average Bonchev–Trinajstić information content (AvgIpc) is 2.59. The lowest BCUT2D eigenvalue weighted by Crippen LogP contribution is -2.05. The first-order valence-corrected chi connectivity index (χ1v) is 8.70. The molecule has 0 amide bonds. The minimum atomic E-state index is -1.05. The molecule has 1 unspecified atom stereocenters. The van der Waals surface area contributed by atoms with Gasteiger partial charge >= 0.3 is 5.97 Å². The first-order valence-electron chi connectivity index (χ1n) is 7.47. The summed E-state index contributed by atoms with van der Waals surface area (Å²) in [5.41, 5.74) is 0.801. The van der Waals surface area contributed by atoms with Crippen LogP contribution in [-0.4, -0.2) is 37.3 Å². The molecule has 2 heterocycles. The van der Waals surface area contributed by atoms with Crippen LogP contribution in [0, 0.1) is 5.92 Å². The van der Waals surface area contributed by atoms with E-state index in [4.69, 9.17) is 5.11 Å². The molecule has 0 aliphatic carbocycles. The highest BCUT2D eigenvalue weighted by molar-refractivity contribution is 7.98. The summed E-state index contributed by atoms with van der Waals surface area (Å²) in [5, 5.41) is 8.79. The van der Waals surface area contributed by atoms with Crippen molar-refractivity contribution in [3.05, 3.63) is 42.0 Å². The SMILES string of the molecule is CSc1cnc(CCC(C)CCc2cnc(C(=O)O)cn2)nc1. The van der Waals surface area contributed by atoms with Gasteiger partial charge in [0, 0.05) is 29.9 Å². The van der Waals surface area contributed by atoms with Gasteiger partial charge in [0.15, 0.2) is 5.69 Å². The maximum atomic E-state index is 10.7. The molecule has 1 atom stereocenters. The zero-order valence-corrected chi connectivity index (χ0v) is 14.1. The summed E-state index contributed by atoms with van der Waals surface area (Å²) >= 11 is 1.64. The van der Waals surface area contributed by atoms with E-state index < -0.39 is 5.97 Å². The molecule has 0 saturated heterocycles. The molecule has 0 aromatic carbocycles. The molecular weight excluding hydrogens is 312 g/mol. The molecule has 122 valence electrons. The fourth-order valence-electron chi connectivity index (χ4n) is 2.09. The molecule has 6 nitrogen and oxygen atoms in total. The van der Waals surface area contributed by atoms with Crippen LogP contribution in [0.2, 0.25) is 0 Å². The Labute approximate surface area is 139 Å². The Morgan fingerprint density at radius 3 is 2.35 bits per heavy atom. The lowest BCUT2D eigenvalue weighted by Gasteiger charge is -2.10. The lowest BCUT2D eigenvalue weighted by atomic mass is 9.98. The van der Waals surface area contributed by atoms with Gasteiger partial charge in [-0.3, -0.25) is 4.98 Å². The summed E-state index contributed by atoms with van der Waals surface area (Å²) in [5.74, 6) is 0.338. The van der Waals surface area contributed by atoms with E-state index in [0.29, 0.717) is 5.92 Å². The van der Waals surface area contributed by atoms with Crippen LogP contribution in [0.15, 0.2) is 29.7 Å². The van der Waals surface area contributed by atoms with Gasteiger partial charge in [0.05, 0.1) is 11.9 Å². The molecular formula is C16H20N4O2S. The Morgan fingerprint density at radius 1 is 1.09 bits per heavy atom. The Balaban J connectivity index is 1.75. The predicted molar refractivity (Wildman–Crippen MR) is 88.6 cm³/mol. The maximum Gasteiger partial charge on any atom is 0.356 e. The monoisotopic (exact) mass is 332 g/mol. The van der Waals surface area contributed by atoms with E-state index >= 15 is 0 Å². The normalized spacial score (nSPS) is 12.1. The van der Waals surface area contributed by atoms with E-state index in [2.05, 4.69) is 26.9 Å². The Morgan fingerprint density at radius 2 is 1.78 bits per heavy atom. The van der Waals surface area contributed by atoms with Crippen molar-refractivity contribution in [3.63, 3.8) is 0 Å². The first-order chi connectivity index (χ1) is 11.1. The minimum Gasteiger partial charge on any atom is -0.476 e. The van der Waals surface area contributed by atoms with Gasteiger partial charge in [-0.05, 0) is 31.4 Å². The third-order valence-corrected chi connectivity index (χ3v) is 4.28. The smallest absolute Gasteiger partial charge is 0.356 e. The van der Waals surface area contributed by atoms with Gasteiger partial charge in [0.1, 0.15) is 5.82 Å². The van der Waals surface area contributed by atoms with Crippen LogP contribution < -0.4 is 0 Å². The molecule has 0 aliphatic rings. The fraction of sp³-hybridized carbons (Fsp3) is 0.438. The van der Waals surface area contributed by atoms with Crippen LogP contribution >= 0.6 is 11.8 Å². The summed E-state index contributed by atoms with van der Waals surface area (Å²) in [6.07, 6.45) is 12.2. The number of carboxylic acid groups (broad SMARTS) is 1. The van der Waals surface area contributed by atoms with Crippen molar-refractivity contribution in [1.82, 2.24) is 19.9 Å². The second-order valence-corrected chi connectivity index (χ2v) is 6.30. The van der Waals surface area contributed by atoms with Gasteiger partial charge in [0.25, 0.3) is 0 Å². The maximum absolute atomic E-state index is 10.7. The van der Waals surface area contributed by atoms with E-state index in [1.807, 2.05) is 18.6 Å². The van der Waals surface area contributed by atoms with E-state index in [0.717, 1.165) is 42.1 Å². The van der Waals surface area contributed by atoms with Crippen molar-refractivity contribution in [2.24, 2.45) is 5.92 Å². The largest absolute Gasteiger partial charge is 0.476 e. The molecule has 0 fully saturated rings. The molecule has 0 spiro atoms. The van der Waals surface area contributed by atoms with Gasteiger partial charge in [-0.1, -0.05) is 6.92 Å². The van der Waals surface area contributed by atoms with E-state index in [1.54, 1.807) is 18.0 Å². The molecule has 2 aromatic rings. The number of rotatable bonds is 8. The van der Waals surface area contributed by atoms with Crippen molar-refractivity contribution >= 4 is 17.7 Å². The van der Waals surface area contributed by atoms with Gasteiger partial charge in [-0.2, -0.15) is 0 Å². The Bertz CT molecular complexity index is 632. The van der Waals surface area contributed by atoms with Crippen LogP contribution in [-0.2, 0) is 12.8 Å². The van der Waals surface area contributed by atoms with Crippen LogP contribution in [0.4, 0.5) is 0 Å². The summed E-state index contributed by atoms with van der Waals surface area (Å²) in [6.45, 7) is 2.19. The van der Waals surface area contributed by atoms with Crippen LogP contribution in [0.5, 0.6) is 0 Å². The number of carboxylic acids is 1. The molecule has 0 saturated carbocycles. The third kappa shape index (κ3) is 5.59. The number of aromatic nitrogens is 4. The lowest BCUT2D eigenvalue weighted by molar-refractivity contribution is 0.0690. The number of carbonyl (C=O) groups is 1. The molecule has 2 rings (SSSR count). The highest BCUT2D eigenvalue weighted by Gasteiger charge is 2.08. The summed E-state index contributed by atoms with van der Waals surface area (Å²) in [6, 6.07) is 0. The zero-order valence-electron chi connectivity index (χ0n) is 13.3. The standard InChI is InChI=1S/C16H20N4O2S/c1-11(4-6-15-19-8-13(23-2)9-20-15)3-5-12-7-18-14(10-17-12)16(21)22/h7-11H,3-6H2,1-2H3,(H,21,22). The molecule has 0 aliphatic heterocycles. The summed E-state index contributed by atoms with van der Waals surface area (Å²) in [7, 11) is 0. The van der Waals surface area contributed by atoms with Crippen molar-refractivity contribution in [3.8, 4) is 0 Å². The summed E-state index contributed by atoms with van der Waals surface area (Å²) in [4.78, 5) is 28.5. The Kier molecular flexibility index (Phi) is 6.46. The average molecular weight is 332 g/mol. The Hall–Kier alpha value is -2.02. The highest BCUT2D eigenvalue weighted by atomic mass is 32.2. The molecule has 0 radical (unpaired) electrons. The number of aryl methyl sites for hydroxylation is 2.